The van der Waals surface area contributed by atoms with Gasteiger partial charge in [0.2, 0.25) is 5.84 Å². The number of aliphatic hydroxyl groups is 8. The Morgan fingerprint density at radius 1 is 0.971 bits per heavy atom. The third kappa shape index (κ3) is 5.93. The van der Waals surface area contributed by atoms with Crippen molar-refractivity contribution in [3.05, 3.63) is 0 Å². The van der Waals surface area contributed by atoms with Gasteiger partial charge in [0.05, 0.1) is 25.3 Å². The number of nitrogens with zero attached hydrogens (tertiary/aromatic N) is 4. The highest BCUT2D eigenvalue weighted by molar-refractivity contribution is 5.92. The van der Waals surface area contributed by atoms with E-state index in [9.17, 15) is 45.6 Å². The van der Waals surface area contributed by atoms with E-state index >= 15 is 0 Å². The van der Waals surface area contributed by atoms with Gasteiger partial charge in [0.1, 0.15) is 48.8 Å². The molecule has 8 N–H and O–H groups in total. The summed E-state index contributed by atoms with van der Waals surface area (Å²) in [6.07, 6.45) is -16.0. The molecule has 0 aliphatic carbocycles. The smallest absolute Gasteiger partial charge is 0.361 e. The van der Waals surface area contributed by atoms with Crippen molar-refractivity contribution in [2.75, 3.05) is 13.2 Å². The number of carbonyl (C=O) groups is 1. The molecule has 2 heterocycles. The summed E-state index contributed by atoms with van der Waals surface area (Å²) in [5, 5.41) is 86.7. The van der Waals surface area contributed by atoms with Crippen LogP contribution in [0.5, 0.6) is 0 Å². The first kappa shape index (κ1) is 28.6. The summed E-state index contributed by atoms with van der Waals surface area (Å²) >= 11 is 0. The summed E-state index contributed by atoms with van der Waals surface area (Å²) in [5.41, 5.74) is 3.99. The highest BCUT2D eigenvalue weighted by Gasteiger charge is 2.48. The third-order valence-electron chi connectivity index (χ3n) is 5.42. The number of rotatable bonds is 10. The Hall–Kier alpha value is -1.66. The van der Waals surface area contributed by atoms with Crippen molar-refractivity contribution in [1.29, 1.82) is 0 Å². The molecule has 1 fully saturated rings. The molecule has 2 amide bonds. The fourth-order valence-corrected chi connectivity index (χ4v) is 3.39. The van der Waals surface area contributed by atoms with E-state index in [4.69, 9.17) is 9.47 Å². The van der Waals surface area contributed by atoms with Crippen LogP contribution in [0, 0.1) is 0 Å². The lowest BCUT2D eigenvalue weighted by Gasteiger charge is -2.42. The molecule has 9 atom stereocenters. The molecular weight excluding hydrogens is 460 g/mol. The molecule has 15 nitrogen and oxygen atoms in total. The minimum Gasteiger partial charge on any atom is -0.394 e. The molecule has 2 aliphatic heterocycles. The molecule has 2 rings (SSSR count). The summed E-state index contributed by atoms with van der Waals surface area (Å²) in [5.74, 6) is -0.387. The van der Waals surface area contributed by atoms with Gasteiger partial charge in [0, 0.05) is 0 Å². The maximum Gasteiger partial charge on any atom is 0.361 e. The second-order valence-corrected chi connectivity index (χ2v) is 8.70. The van der Waals surface area contributed by atoms with Crippen molar-refractivity contribution in [1.82, 2.24) is 15.4 Å². The van der Waals surface area contributed by atoms with Gasteiger partial charge in [-0.25, -0.2) is 14.8 Å². The standard InChI is InChI=1S/C19H35N4O11/c1-7(2)22-19(32)23(8(3)4)21-17(20-22)14(30)13(29)16(9(26)5-24)34-18-15(31)12(28)11(27)10(6-25)33-18/h7-16,18,24-31H,5-6H2,1-4H3/t9-,10-,11-,12+,13-,14-,15-,16-,18-/m1/s1. The van der Waals surface area contributed by atoms with Crippen LogP contribution in [0.25, 0.3) is 0 Å². The number of aliphatic hydroxyl groups excluding tert-OH is 8. The van der Waals surface area contributed by atoms with Crippen molar-refractivity contribution in [2.24, 2.45) is 5.10 Å². The SMILES string of the molecule is CC(C)N1[N]C([C@H](O)[C@@H](O)[C@H](O[C@H]2O[C@H](CO)[C@@H](O)[C@H](O)[C@H]2O)[C@H](O)CO)=NN(C(C)C)C1=O. The summed E-state index contributed by atoms with van der Waals surface area (Å²) in [7, 11) is 0. The number of hydrogen-bond donors (Lipinski definition) is 8. The van der Waals surface area contributed by atoms with Gasteiger partial charge in [-0.05, 0) is 27.7 Å². The van der Waals surface area contributed by atoms with E-state index in [1.165, 1.54) is 0 Å². The number of hydrazone groups is 1. The minimum atomic E-state index is -2.02. The lowest BCUT2D eigenvalue weighted by Crippen LogP contribution is -2.63. The van der Waals surface area contributed by atoms with Crippen LogP contribution in [0.2, 0.25) is 0 Å². The van der Waals surface area contributed by atoms with E-state index in [0.717, 1.165) is 10.0 Å². The Kier molecular flexibility index (Phi) is 9.96. The summed E-state index contributed by atoms with van der Waals surface area (Å²) in [6, 6.07) is -1.40. The molecule has 15 heteroatoms. The first-order valence-corrected chi connectivity index (χ1v) is 10.9. The fourth-order valence-electron chi connectivity index (χ4n) is 3.39. The zero-order valence-corrected chi connectivity index (χ0v) is 19.4. The predicted octanol–water partition coefficient (Wildman–Crippen LogP) is -4.37. The molecular formula is C19H35N4O11. The van der Waals surface area contributed by atoms with E-state index in [-0.39, 0.29) is 5.84 Å². The van der Waals surface area contributed by atoms with Crippen LogP contribution in [-0.2, 0) is 9.47 Å². The van der Waals surface area contributed by atoms with Crippen LogP contribution in [-0.4, -0.2) is 143 Å². The van der Waals surface area contributed by atoms with Gasteiger partial charge >= 0.3 is 6.03 Å². The quantitative estimate of drug-likeness (QED) is 0.144. The molecule has 0 bridgehead atoms. The lowest BCUT2D eigenvalue weighted by atomic mass is 9.98. The van der Waals surface area contributed by atoms with Crippen molar-refractivity contribution in [3.63, 3.8) is 0 Å². The second-order valence-electron chi connectivity index (χ2n) is 8.70. The van der Waals surface area contributed by atoms with Gasteiger partial charge in [-0.2, -0.15) is 0 Å². The van der Waals surface area contributed by atoms with Crippen molar-refractivity contribution in [2.45, 2.75) is 94.9 Å². The molecule has 0 aromatic heterocycles. The zero-order chi connectivity index (χ0) is 25.9. The number of hydrogen-bond acceptors (Lipinski definition) is 12. The maximum atomic E-state index is 12.6. The number of amides is 2. The van der Waals surface area contributed by atoms with E-state index < -0.39 is 86.5 Å². The van der Waals surface area contributed by atoms with Gasteiger partial charge in [-0.3, -0.25) is 0 Å². The summed E-state index contributed by atoms with van der Waals surface area (Å²) < 4.78 is 10.6. The van der Waals surface area contributed by atoms with Gasteiger partial charge in [0.25, 0.3) is 0 Å². The van der Waals surface area contributed by atoms with Crippen molar-refractivity contribution < 1.29 is 55.1 Å². The van der Waals surface area contributed by atoms with Crippen molar-refractivity contribution >= 4 is 11.9 Å². The topological polar surface area (TPSA) is 230 Å². The van der Waals surface area contributed by atoms with Crippen LogP contribution in [0.15, 0.2) is 5.10 Å². The Bertz CT molecular complexity index is 710. The van der Waals surface area contributed by atoms with E-state index in [1.807, 2.05) is 0 Å². The van der Waals surface area contributed by atoms with Gasteiger partial charge < -0.3 is 50.3 Å². The van der Waals surface area contributed by atoms with Gasteiger partial charge in [-0.1, -0.05) is 0 Å². The average molecular weight is 496 g/mol. The predicted molar refractivity (Wildman–Crippen MR) is 113 cm³/mol. The Morgan fingerprint density at radius 3 is 2.06 bits per heavy atom. The molecule has 0 spiro atoms. The summed E-state index contributed by atoms with van der Waals surface area (Å²) in [4.78, 5) is 12.6. The molecule has 0 unspecified atom stereocenters. The molecule has 197 valence electrons. The molecule has 34 heavy (non-hydrogen) atoms. The first-order chi connectivity index (χ1) is 15.8. The summed E-state index contributed by atoms with van der Waals surface area (Å²) in [6.45, 7) is 5.00. The van der Waals surface area contributed by atoms with Gasteiger partial charge in [0.15, 0.2) is 6.29 Å². The molecule has 2 aliphatic rings. The van der Waals surface area contributed by atoms with Crippen LogP contribution >= 0.6 is 0 Å². The largest absolute Gasteiger partial charge is 0.394 e. The van der Waals surface area contributed by atoms with Crippen LogP contribution in [0.4, 0.5) is 4.79 Å². The minimum absolute atomic E-state index is 0.387. The molecule has 1 saturated heterocycles. The van der Waals surface area contributed by atoms with E-state index in [1.54, 1.807) is 27.7 Å². The van der Waals surface area contributed by atoms with Crippen LogP contribution in [0.1, 0.15) is 27.7 Å². The number of carbonyl (C=O) groups excluding carboxylic acids is 1. The second kappa shape index (κ2) is 11.9. The monoisotopic (exact) mass is 495 g/mol. The fraction of sp³-hybridized carbons (Fsp3) is 0.895. The number of urea groups is 1. The maximum absolute atomic E-state index is 12.6. The lowest BCUT2D eigenvalue weighted by molar-refractivity contribution is -0.326. The Labute approximate surface area is 196 Å². The van der Waals surface area contributed by atoms with Crippen LogP contribution < -0.4 is 5.43 Å². The normalized spacial score (nSPS) is 31.9. The molecule has 0 aromatic carbocycles. The zero-order valence-electron chi connectivity index (χ0n) is 19.4. The highest BCUT2D eigenvalue weighted by atomic mass is 16.7. The Morgan fingerprint density at radius 2 is 1.56 bits per heavy atom. The molecule has 0 saturated carbocycles. The van der Waals surface area contributed by atoms with Crippen LogP contribution in [0.3, 0.4) is 0 Å². The van der Waals surface area contributed by atoms with E-state index in [2.05, 4.69) is 10.5 Å². The molecule has 1 radical (unpaired) electrons. The first-order valence-electron chi connectivity index (χ1n) is 10.9. The van der Waals surface area contributed by atoms with E-state index in [0.29, 0.717) is 0 Å². The average Bonchev–Trinajstić information content (AvgIpc) is 2.80. The van der Waals surface area contributed by atoms with Crippen molar-refractivity contribution in [3.8, 4) is 0 Å². The third-order valence-corrected chi connectivity index (χ3v) is 5.42. The number of ether oxygens (including phenoxy) is 2. The molecule has 0 aromatic rings. The number of amidine groups is 1. The highest BCUT2D eigenvalue weighted by Crippen LogP contribution is 2.25. The Balaban J connectivity index is 2.29. The van der Waals surface area contributed by atoms with Gasteiger partial charge in [-0.15, -0.1) is 10.5 Å².